The number of pyridine rings is 4. The highest BCUT2D eigenvalue weighted by Crippen LogP contribution is 2.29. The summed E-state index contributed by atoms with van der Waals surface area (Å²) in [6, 6.07) is 30.8. The molecule has 0 aliphatic heterocycles. The van der Waals surface area contributed by atoms with Crippen LogP contribution in [0, 0.1) is 68.9 Å². The maximum absolute atomic E-state index is 8.25. The standard InChI is InChI=1S/C19H26N.C18H24N.C17H22N.C16H20N.2CH4/c1-13(2)16-7-9-18(15(5)11-16)19-10-8-17(14(3)4)12-20(19)6;1-12(2)16-7-8-17(14(4)9-16)18-10-13(3)15(5)11-19(18)6;1-12(2)15-7-9-17(18(5)11-15)16-8-6-13(3)10-14(16)4;1-11-6-7-15(13(3)8-11)16-9-12(2)14(4)10-17(16)5;;/h7-14H,1-6H3;7-12H,1-6H3;6-12H,1-5H3;6-10H,1-5H3;2*1H4/q4*+1;;/i1D3,3D3,13D,14D;1D3,5D3,12D;1D3,3D3,12D;1D3,4D3;2*1D3. The lowest BCUT2D eigenvalue weighted by Crippen LogP contribution is -2.31. The van der Waals surface area contributed by atoms with Crippen LogP contribution in [0.1, 0.15) is 218 Å². The maximum Gasteiger partial charge on any atom is 0.212 e. The quantitative estimate of drug-likeness (QED) is 0.135. The lowest BCUT2D eigenvalue weighted by molar-refractivity contribution is -0.661. The van der Waals surface area contributed by atoms with Crippen LogP contribution in [-0.4, -0.2) is 0 Å². The monoisotopic (exact) mass is 1060 g/mol. The molecule has 0 radical (unpaired) electrons. The summed E-state index contributed by atoms with van der Waals surface area (Å²) in [5.41, 5.74) is 14.3. The Kier molecular flexibility index (Phi) is 10.8. The van der Waals surface area contributed by atoms with Gasteiger partial charge in [-0.2, -0.15) is 0 Å². The number of aryl methyl sites for hydroxylation is 14. The van der Waals surface area contributed by atoms with Crippen molar-refractivity contribution in [3.05, 3.63) is 212 Å². The van der Waals surface area contributed by atoms with Gasteiger partial charge in [0.05, 0.1) is 0 Å². The molecule has 8 aromatic rings. The molecule has 0 N–H and O–H groups in total. The van der Waals surface area contributed by atoms with Gasteiger partial charge in [0, 0.05) is 115 Å². The Morgan fingerprint density at radius 3 is 0.947 bits per heavy atom. The van der Waals surface area contributed by atoms with Gasteiger partial charge < -0.3 is 0 Å². The van der Waals surface area contributed by atoms with E-state index < -0.39 is 93.1 Å². The zero-order valence-electron chi connectivity index (χ0n) is 80.6. The first-order valence-electron chi connectivity index (χ1n) is 41.8. The lowest BCUT2D eigenvalue weighted by Gasteiger charge is -2.11. The van der Waals surface area contributed by atoms with Gasteiger partial charge in [-0.25, -0.2) is 18.3 Å². The number of hydrogen-bond donors (Lipinski definition) is 0. The van der Waals surface area contributed by atoms with E-state index in [1.807, 2.05) is 39.8 Å². The van der Waals surface area contributed by atoms with Gasteiger partial charge in [0.2, 0.25) is 22.8 Å². The summed E-state index contributed by atoms with van der Waals surface area (Å²) in [6.07, 6.45) is 6.52. The van der Waals surface area contributed by atoms with Crippen LogP contribution in [0.2, 0.25) is 0 Å². The van der Waals surface area contributed by atoms with Crippen LogP contribution in [-0.2, 0) is 28.2 Å². The van der Waals surface area contributed by atoms with Crippen LogP contribution in [0.15, 0.2) is 134 Å². The van der Waals surface area contributed by atoms with Crippen molar-refractivity contribution in [1.29, 1.82) is 0 Å². The Balaban J connectivity index is 0.000000368. The van der Waals surface area contributed by atoms with Gasteiger partial charge in [0.1, 0.15) is 28.2 Å². The number of nitrogens with zero attached hydrogens (tertiary/aromatic N) is 4. The van der Waals surface area contributed by atoms with Gasteiger partial charge in [-0.15, -0.1) is 0 Å². The third-order valence-corrected chi connectivity index (χ3v) is 13.0. The van der Waals surface area contributed by atoms with Crippen molar-refractivity contribution in [3.8, 4) is 45.0 Å². The van der Waals surface area contributed by atoms with Gasteiger partial charge >= 0.3 is 0 Å². The van der Waals surface area contributed by atoms with E-state index in [0.29, 0.717) is 50.1 Å². The average molecular weight is 1060 g/mol. The van der Waals surface area contributed by atoms with Crippen LogP contribution in [0.5, 0.6) is 0 Å². The molecule has 4 unspecified atom stereocenters. The summed E-state index contributed by atoms with van der Waals surface area (Å²) in [5, 5.41) is 0. The molecular formula is C72H100N4+4. The van der Waals surface area contributed by atoms with Crippen LogP contribution in [0.25, 0.3) is 45.0 Å². The van der Waals surface area contributed by atoms with Gasteiger partial charge in [-0.3, -0.25) is 0 Å². The normalized spacial score (nSPS) is 21.6. The minimum absolute atomic E-state index is 0.286. The van der Waals surface area contributed by atoms with Crippen molar-refractivity contribution in [2.24, 2.45) is 28.2 Å². The van der Waals surface area contributed by atoms with E-state index in [1.54, 1.807) is 182 Å². The number of benzene rings is 4. The summed E-state index contributed by atoms with van der Waals surface area (Å²) in [5.74, 6) is -6.84. The van der Waals surface area contributed by atoms with E-state index >= 15 is 0 Å². The molecule has 8 rings (SSSR count). The Hall–Kier alpha value is -6.52. The highest BCUT2D eigenvalue weighted by Gasteiger charge is 2.19. The molecule has 0 saturated carbocycles. The van der Waals surface area contributed by atoms with E-state index in [-0.39, 0.29) is 5.56 Å². The smallest absolute Gasteiger partial charge is 0.201 e. The second-order valence-electron chi connectivity index (χ2n) is 19.2. The zero-order valence-corrected chi connectivity index (χ0v) is 46.6. The van der Waals surface area contributed by atoms with Gasteiger partial charge in [-0.05, 0) is 173 Å². The van der Waals surface area contributed by atoms with Gasteiger partial charge in [0.15, 0.2) is 24.8 Å². The Morgan fingerprint density at radius 2 is 0.645 bits per heavy atom. The molecular weight excluding hydrogens is 921 g/mol. The summed E-state index contributed by atoms with van der Waals surface area (Å²) < 4.78 is 257. The molecule has 4 nitrogen and oxygen atoms in total. The van der Waals surface area contributed by atoms with Crippen molar-refractivity contribution >= 4 is 0 Å². The van der Waals surface area contributed by atoms with Crippen LogP contribution in [0.4, 0.5) is 0 Å². The maximum atomic E-state index is 8.25. The van der Waals surface area contributed by atoms with Crippen molar-refractivity contribution in [2.45, 2.75) is 162 Å². The molecule has 0 aliphatic rings. The Bertz CT molecular complexity index is 4380. The first-order chi connectivity index (χ1) is 49.3. The minimum atomic E-state index is -2.45. The van der Waals surface area contributed by atoms with Gasteiger partial charge in [0.25, 0.3) is 0 Å². The summed E-state index contributed by atoms with van der Waals surface area (Å²) in [4.78, 5) is 0. The highest BCUT2D eigenvalue weighted by atomic mass is 14.9. The van der Waals surface area contributed by atoms with E-state index in [4.69, 9.17) is 46.6 Å². The molecule has 0 aliphatic carbocycles. The summed E-state index contributed by atoms with van der Waals surface area (Å²) in [6.45, 7) is -1.88. The van der Waals surface area contributed by atoms with Crippen LogP contribution < -0.4 is 18.3 Å². The fraction of sp³-hybridized carbons (Fsp3) is 0.389. The van der Waals surface area contributed by atoms with Crippen LogP contribution >= 0.6 is 0 Å². The molecule has 76 heavy (non-hydrogen) atoms. The first-order valence-corrected chi connectivity index (χ1v) is 24.3. The summed E-state index contributed by atoms with van der Waals surface area (Å²) >= 11 is 0. The molecule has 4 aromatic heterocycles. The first kappa shape index (κ1) is 29.3. The lowest BCUT2D eigenvalue weighted by atomic mass is 9.95. The predicted octanol–water partition coefficient (Wildman–Crippen LogP) is 17.6. The zero-order chi connectivity index (χ0) is 85.7. The average Bonchev–Trinajstić information content (AvgIpc) is 0.781. The largest absolute Gasteiger partial charge is 0.212 e. The molecule has 4 heterocycles. The molecule has 4 aromatic carbocycles. The minimum Gasteiger partial charge on any atom is -0.201 e. The molecule has 4 heteroatoms. The highest BCUT2D eigenvalue weighted by molar-refractivity contribution is 5.65. The van der Waals surface area contributed by atoms with Crippen molar-refractivity contribution < 1.29 is 64.9 Å². The fourth-order valence-corrected chi connectivity index (χ4v) is 8.52. The Morgan fingerprint density at radius 1 is 0.342 bits per heavy atom. The van der Waals surface area contributed by atoms with Crippen molar-refractivity contribution in [3.63, 3.8) is 0 Å². The molecule has 404 valence electrons. The van der Waals surface area contributed by atoms with E-state index in [1.165, 1.54) is 27.7 Å². The van der Waals surface area contributed by atoms with E-state index in [9.17, 15) is 0 Å². The van der Waals surface area contributed by atoms with E-state index in [0.717, 1.165) is 67.3 Å². The molecule has 4 atom stereocenters. The molecule has 0 fully saturated rings. The SMILES string of the molecule is [2H]C([2H])([2H])C([2H])(C)c1ccc(-c2ccc(C([2H])(C)C([2H])([2H])[2H])c[n+]2C)c(C)c1.[2H]C([2H])([2H])c1c[n+](C)c(-c2ccc(C([2H])(C)C([2H])([2H])[2H])cc2C)cc1C.[2H]C([2H])([2H])c1ccc(-c2cc(C)c(C([2H])([2H])[2H])c[n+]2C)c(C)c1.[2H]C([2H])([2H])c1ccc(-c2ccc(C([2H])(C)C([2H])([2H])[2H])c[n+]2C)c(C)c1.[2H]C([2H])[2H].[2H]C([2H])[2H]. The molecule has 0 amide bonds. The molecule has 0 bridgehead atoms. The third-order valence-electron chi connectivity index (χ3n) is 13.0. The Labute approximate surface area is 512 Å². The van der Waals surface area contributed by atoms with Crippen LogP contribution in [0.3, 0.4) is 0 Å². The fourth-order valence-electron chi connectivity index (χ4n) is 8.52. The predicted molar refractivity (Wildman–Crippen MR) is 329 cm³/mol. The van der Waals surface area contributed by atoms with Crippen molar-refractivity contribution in [1.82, 2.24) is 0 Å². The number of rotatable bonds is 8. The third kappa shape index (κ3) is 16.2. The molecule has 0 spiro atoms. The summed E-state index contributed by atoms with van der Waals surface area (Å²) in [7, 11) is 4.31. The second-order valence-corrected chi connectivity index (χ2v) is 19.2. The topological polar surface area (TPSA) is 15.5 Å². The van der Waals surface area contributed by atoms with Crippen molar-refractivity contribution in [2.75, 3.05) is 0 Å². The van der Waals surface area contributed by atoms with E-state index in [2.05, 4.69) is 0 Å². The number of hydrogen-bond acceptors (Lipinski definition) is 0. The molecule has 0 saturated heterocycles. The number of aromatic nitrogens is 4. The second kappa shape index (κ2) is 28.0. The van der Waals surface area contributed by atoms with Gasteiger partial charge in [-0.1, -0.05) is 129 Å².